The fourth-order valence-electron chi connectivity index (χ4n) is 2.44. The maximum Gasteiger partial charge on any atom is 0.265 e. The summed E-state index contributed by atoms with van der Waals surface area (Å²) in [5, 5.41) is 3.10. The third-order valence-corrected chi connectivity index (χ3v) is 3.38. The van der Waals surface area contributed by atoms with Gasteiger partial charge in [-0.25, -0.2) is 8.78 Å². The number of halogens is 2. The first-order chi connectivity index (χ1) is 7.98. The molecular formula is C11H19F2N3O. The van der Waals surface area contributed by atoms with E-state index >= 15 is 0 Å². The van der Waals surface area contributed by atoms with E-state index in [1.807, 2.05) is 11.9 Å². The molecule has 2 saturated heterocycles. The van der Waals surface area contributed by atoms with Crippen molar-refractivity contribution in [2.45, 2.75) is 24.8 Å². The monoisotopic (exact) mass is 247 g/mol. The Hall–Kier alpha value is -0.750. The van der Waals surface area contributed by atoms with Crippen LogP contribution in [-0.2, 0) is 4.79 Å². The molecule has 0 bridgehead atoms. The van der Waals surface area contributed by atoms with Gasteiger partial charge in [-0.1, -0.05) is 0 Å². The van der Waals surface area contributed by atoms with Crippen LogP contribution in [0.3, 0.4) is 0 Å². The van der Waals surface area contributed by atoms with Crippen molar-refractivity contribution in [3.63, 3.8) is 0 Å². The summed E-state index contributed by atoms with van der Waals surface area (Å²) in [5.41, 5.74) is 0. The van der Waals surface area contributed by atoms with Crippen molar-refractivity contribution in [2.75, 3.05) is 39.8 Å². The van der Waals surface area contributed by atoms with Crippen molar-refractivity contribution in [2.24, 2.45) is 0 Å². The minimum Gasteiger partial charge on any atom is -0.335 e. The van der Waals surface area contributed by atoms with Crippen LogP contribution < -0.4 is 5.32 Å². The van der Waals surface area contributed by atoms with E-state index in [0.29, 0.717) is 19.5 Å². The highest BCUT2D eigenvalue weighted by Crippen LogP contribution is 2.26. The van der Waals surface area contributed by atoms with Gasteiger partial charge in [-0.2, -0.15) is 0 Å². The van der Waals surface area contributed by atoms with E-state index in [-0.39, 0.29) is 18.4 Å². The molecule has 0 aliphatic carbocycles. The number of hydrogen-bond donors (Lipinski definition) is 1. The van der Waals surface area contributed by atoms with Crippen molar-refractivity contribution in [1.29, 1.82) is 0 Å². The molecule has 1 amide bonds. The standard InChI is InChI=1S/C11H19F2N3O/c1-15-6-4-14-9(7-15)10(17)16-5-2-3-11(12,13)8-16/h9,14H,2-8H2,1H3. The minimum absolute atomic E-state index is 0.102. The fourth-order valence-corrected chi connectivity index (χ4v) is 2.44. The van der Waals surface area contributed by atoms with Crippen molar-refractivity contribution in [1.82, 2.24) is 15.1 Å². The average Bonchev–Trinajstić information content (AvgIpc) is 2.26. The summed E-state index contributed by atoms with van der Waals surface area (Å²) in [6, 6.07) is -0.331. The Bertz CT molecular complexity index is 298. The third kappa shape index (κ3) is 3.13. The maximum absolute atomic E-state index is 13.2. The Morgan fingerprint density at radius 3 is 2.82 bits per heavy atom. The molecule has 4 nitrogen and oxygen atoms in total. The van der Waals surface area contributed by atoms with Gasteiger partial charge in [-0.05, 0) is 13.5 Å². The zero-order chi connectivity index (χ0) is 12.5. The lowest BCUT2D eigenvalue weighted by Crippen LogP contribution is -2.59. The number of likely N-dealkylation sites (tertiary alicyclic amines) is 1. The second-order valence-electron chi connectivity index (χ2n) is 4.99. The van der Waals surface area contributed by atoms with Crippen LogP contribution in [0.1, 0.15) is 12.8 Å². The van der Waals surface area contributed by atoms with Crippen molar-refractivity contribution in [3.05, 3.63) is 0 Å². The fraction of sp³-hybridized carbons (Fsp3) is 0.909. The SMILES string of the molecule is CN1CCNC(C(=O)N2CCCC(F)(F)C2)C1. The van der Waals surface area contributed by atoms with E-state index in [1.165, 1.54) is 4.90 Å². The molecule has 17 heavy (non-hydrogen) atoms. The first kappa shape index (κ1) is 12.7. The molecule has 2 aliphatic rings. The van der Waals surface area contributed by atoms with Gasteiger partial charge in [0.25, 0.3) is 5.92 Å². The molecule has 2 rings (SSSR count). The van der Waals surface area contributed by atoms with Crippen LogP contribution in [0, 0.1) is 0 Å². The normalized spacial score (nSPS) is 30.3. The number of alkyl halides is 2. The molecule has 0 radical (unpaired) electrons. The van der Waals surface area contributed by atoms with Gasteiger partial charge in [0.2, 0.25) is 5.91 Å². The Labute approximate surface area is 99.9 Å². The molecule has 98 valence electrons. The van der Waals surface area contributed by atoms with Crippen LogP contribution in [0.25, 0.3) is 0 Å². The van der Waals surface area contributed by atoms with E-state index in [9.17, 15) is 13.6 Å². The highest BCUT2D eigenvalue weighted by atomic mass is 19.3. The quantitative estimate of drug-likeness (QED) is 0.716. The molecule has 0 spiro atoms. The van der Waals surface area contributed by atoms with Crippen molar-refractivity contribution < 1.29 is 13.6 Å². The number of nitrogens with one attached hydrogen (secondary N) is 1. The van der Waals surface area contributed by atoms with Crippen LogP contribution in [0.15, 0.2) is 0 Å². The number of nitrogens with zero attached hydrogens (tertiary/aromatic N) is 2. The Morgan fingerprint density at radius 2 is 2.18 bits per heavy atom. The first-order valence-electron chi connectivity index (χ1n) is 6.06. The highest BCUT2D eigenvalue weighted by molar-refractivity contribution is 5.82. The summed E-state index contributed by atoms with van der Waals surface area (Å²) in [4.78, 5) is 15.4. The lowest BCUT2D eigenvalue weighted by Gasteiger charge is -2.37. The molecule has 0 aromatic rings. The first-order valence-corrected chi connectivity index (χ1v) is 6.06. The predicted octanol–water partition coefficient (Wildman–Crippen LogP) is 0.148. The van der Waals surface area contributed by atoms with Gasteiger partial charge in [-0.3, -0.25) is 4.79 Å². The summed E-state index contributed by atoms with van der Waals surface area (Å²) >= 11 is 0. The average molecular weight is 247 g/mol. The molecule has 6 heteroatoms. The van der Waals surface area contributed by atoms with Gasteiger partial charge in [0.15, 0.2) is 0 Å². The molecule has 0 aromatic heterocycles. The Morgan fingerprint density at radius 1 is 1.41 bits per heavy atom. The van der Waals surface area contributed by atoms with Gasteiger partial charge in [-0.15, -0.1) is 0 Å². The van der Waals surface area contributed by atoms with Crippen LogP contribution in [0.4, 0.5) is 8.78 Å². The number of amides is 1. The largest absolute Gasteiger partial charge is 0.335 e. The van der Waals surface area contributed by atoms with Gasteiger partial charge in [0.1, 0.15) is 0 Å². The van der Waals surface area contributed by atoms with Gasteiger partial charge < -0.3 is 15.1 Å². The highest BCUT2D eigenvalue weighted by Gasteiger charge is 2.39. The minimum atomic E-state index is -2.71. The number of carbonyl (C=O) groups excluding carboxylic acids is 1. The summed E-state index contributed by atoms with van der Waals surface area (Å²) in [7, 11) is 1.94. The van der Waals surface area contributed by atoms with Crippen LogP contribution in [0.2, 0.25) is 0 Å². The van der Waals surface area contributed by atoms with Crippen molar-refractivity contribution >= 4 is 5.91 Å². The lowest BCUT2D eigenvalue weighted by molar-refractivity contribution is -0.144. The summed E-state index contributed by atoms with van der Waals surface area (Å²) < 4.78 is 26.5. The Kier molecular flexibility index (Phi) is 3.63. The smallest absolute Gasteiger partial charge is 0.265 e. The maximum atomic E-state index is 13.2. The number of piperidine rings is 1. The zero-order valence-electron chi connectivity index (χ0n) is 10.1. The van der Waals surface area contributed by atoms with Crippen LogP contribution in [-0.4, -0.2) is 67.4 Å². The molecular weight excluding hydrogens is 228 g/mol. The lowest BCUT2D eigenvalue weighted by atomic mass is 10.1. The van der Waals surface area contributed by atoms with Crippen molar-refractivity contribution in [3.8, 4) is 0 Å². The zero-order valence-corrected chi connectivity index (χ0v) is 10.1. The number of likely N-dealkylation sites (N-methyl/N-ethyl adjacent to an activating group) is 1. The molecule has 2 aliphatic heterocycles. The topological polar surface area (TPSA) is 35.6 Å². The van der Waals surface area contributed by atoms with E-state index in [4.69, 9.17) is 0 Å². The van der Waals surface area contributed by atoms with Crippen LogP contribution in [0.5, 0.6) is 0 Å². The number of carbonyl (C=O) groups is 1. The summed E-state index contributed by atoms with van der Waals surface area (Å²) in [5.74, 6) is -2.90. The number of rotatable bonds is 1. The second-order valence-corrected chi connectivity index (χ2v) is 4.99. The predicted molar refractivity (Wildman–Crippen MR) is 60.0 cm³/mol. The van der Waals surface area contributed by atoms with E-state index in [1.54, 1.807) is 0 Å². The van der Waals surface area contributed by atoms with E-state index in [2.05, 4.69) is 5.32 Å². The van der Waals surface area contributed by atoms with Gasteiger partial charge in [0.05, 0.1) is 12.6 Å². The number of piperazine rings is 1. The van der Waals surface area contributed by atoms with Gasteiger partial charge in [0, 0.05) is 32.6 Å². The molecule has 1 atom stereocenters. The molecule has 1 N–H and O–H groups in total. The Balaban J connectivity index is 1.94. The molecule has 2 fully saturated rings. The summed E-state index contributed by atoms with van der Waals surface area (Å²) in [6.07, 6.45) is 0.288. The number of hydrogen-bond acceptors (Lipinski definition) is 3. The van der Waals surface area contributed by atoms with Gasteiger partial charge >= 0.3 is 0 Å². The molecule has 0 saturated carbocycles. The third-order valence-electron chi connectivity index (χ3n) is 3.38. The molecule has 2 heterocycles. The van der Waals surface area contributed by atoms with E-state index < -0.39 is 12.5 Å². The summed E-state index contributed by atoms with van der Waals surface area (Å²) in [6.45, 7) is 2.25. The van der Waals surface area contributed by atoms with Crippen LogP contribution >= 0.6 is 0 Å². The second kappa shape index (κ2) is 4.86. The molecule has 0 aromatic carbocycles. The molecule has 1 unspecified atom stereocenters. The van der Waals surface area contributed by atoms with E-state index in [0.717, 1.165) is 13.1 Å².